The van der Waals surface area contributed by atoms with E-state index in [1.165, 1.54) is 38.2 Å². The molecule has 3 aromatic heterocycles. The van der Waals surface area contributed by atoms with Crippen molar-refractivity contribution >= 4 is 76.4 Å². The van der Waals surface area contributed by atoms with Crippen molar-refractivity contribution in [2.24, 2.45) is 0 Å². The molecule has 8 aromatic carbocycles. The van der Waals surface area contributed by atoms with Gasteiger partial charge in [-0.15, -0.1) is 0 Å². The van der Waals surface area contributed by atoms with Gasteiger partial charge >= 0.3 is 0 Å². The Kier molecular flexibility index (Phi) is 5.38. The van der Waals surface area contributed by atoms with E-state index < -0.39 is 0 Å². The second kappa shape index (κ2) is 9.96. The summed E-state index contributed by atoms with van der Waals surface area (Å²) in [5.41, 5.74) is 10.1. The van der Waals surface area contributed by atoms with Crippen molar-refractivity contribution in [2.75, 3.05) is 0 Å². The maximum absolute atomic E-state index is 6.56. The summed E-state index contributed by atoms with van der Waals surface area (Å²) in [7, 11) is 0. The zero-order valence-electron chi connectivity index (χ0n) is 26.2. The first kappa shape index (κ1) is 26.5. The van der Waals surface area contributed by atoms with Crippen molar-refractivity contribution in [3.63, 3.8) is 0 Å². The molecular weight excluding hydrogens is 601 g/mol. The third-order valence-electron chi connectivity index (χ3n) is 10.1. The molecule has 11 rings (SSSR count). The molecule has 3 heteroatoms. The second-order valence-electron chi connectivity index (χ2n) is 12.8. The van der Waals surface area contributed by atoms with E-state index in [4.69, 9.17) is 13.3 Å². The van der Waals surface area contributed by atoms with Crippen LogP contribution in [-0.2, 0) is 0 Å². The zero-order valence-corrected chi connectivity index (χ0v) is 26.2. The van der Waals surface area contributed by atoms with E-state index in [0.29, 0.717) is 0 Å². The van der Waals surface area contributed by atoms with Gasteiger partial charge in [-0.25, -0.2) is 0 Å². The summed E-state index contributed by atoms with van der Waals surface area (Å²) in [5.74, 6) is 0.848. The third kappa shape index (κ3) is 3.78. The van der Waals surface area contributed by atoms with Crippen LogP contribution < -0.4 is 0 Å². The number of hydrogen-bond acceptors (Lipinski definition) is 3. The lowest BCUT2D eigenvalue weighted by Crippen LogP contribution is -1.91. The summed E-state index contributed by atoms with van der Waals surface area (Å²) in [4.78, 5) is 0. The first-order valence-electron chi connectivity index (χ1n) is 16.6. The van der Waals surface area contributed by atoms with Crippen LogP contribution >= 0.6 is 0 Å². The Labute approximate surface area is 280 Å². The molecule has 0 aliphatic rings. The van der Waals surface area contributed by atoms with Gasteiger partial charge in [0.1, 0.15) is 33.7 Å². The lowest BCUT2D eigenvalue weighted by atomic mass is 9.84. The number of para-hydroxylation sites is 1. The van der Waals surface area contributed by atoms with Gasteiger partial charge in [0.15, 0.2) is 0 Å². The first-order chi connectivity index (χ1) is 24.3. The van der Waals surface area contributed by atoms with Crippen LogP contribution in [0.3, 0.4) is 0 Å². The Bertz CT molecular complexity index is 3040. The van der Waals surface area contributed by atoms with Gasteiger partial charge in [-0.1, -0.05) is 121 Å². The van der Waals surface area contributed by atoms with Crippen molar-refractivity contribution in [1.29, 1.82) is 0 Å². The molecule has 0 saturated heterocycles. The SMILES string of the molecule is c1ccc(-c2cc3cc4c(cc3o2)oc2cccc(-c3c5ccccc5c(-c5cccc6oc7ccccc7c56)c5ccccc35)c24)cc1. The molecule has 0 N–H and O–H groups in total. The molecule has 3 heterocycles. The maximum atomic E-state index is 6.56. The van der Waals surface area contributed by atoms with E-state index in [-0.39, 0.29) is 0 Å². The van der Waals surface area contributed by atoms with Crippen LogP contribution in [0.25, 0.3) is 110 Å². The molecule has 0 unspecified atom stereocenters. The molecule has 0 atom stereocenters. The van der Waals surface area contributed by atoms with Crippen LogP contribution in [0.2, 0.25) is 0 Å². The largest absolute Gasteiger partial charge is 0.456 e. The van der Waals surface area contributed by atoms with Crippen LogP contribution in [-0.4, -0.2) is 0 Å². The van der Waals surface area contributed by atoms with Gasteiger partial charge in [0.25, 0.3) is 0 Å². The van der Waals surface area contributed by atoms with Crippen molar-refractivity contribution in [3.05, 3.63) is 158 Å². The minimum absolute atomic E-state index is 0.813. The van der Waals surface area contributed by atoms with Crippen LogP contribution in [0.4, 0.5) is 0 Å². The number of rotatable bonds is 3. The molecular formula is C46H26O3. The van der Waals surface area contributed by atoms with Crippen LogP contribution in [0.15, 0.2) is 171 Å². The summed E-state index contributed by atoms with van der Waals surface area (Å²) in [5, 5.41) is 10.3. The summed E-state index contributed by atoms with van der Waals surface area (Å²) < 4.78 is 19.2. The fourth-order valence-electron chi connectivity index (χ4n) is 8.01. The summed E-state index contributed by atoms with van der Waals surface area (Å²) in [6.07, 6.45) is 0. The highest BCUT2D eigenvalue weighted by Crippen LogP contribution is 2.49. The Morgan fingerprint density at radius 3 is 1.45 bits per heavy atom. The topological polar surface area (TPSA) is 39.4 Å². The van der Waals surface area contributed by atoms with Crippen LogP contribution in [0, 0.1) is 0 Å². The summed E-state index contributed by atoms with van der Waals surface area (Å²) in [6.45, 7) is 0. The molecule has 49 heavy (non-hydrogen) atoms. The monoisotopic (exact) mass is 626 g/mol. The molecule has 0 aliphatic heterocycles. The van der Waals surface area contributed by atoms with Gasteiger partial charge in [0.05, 0.1) is 0 Å². The number of fused-ring (bicyclic) bond motifs is 9. The van der Waals surface area contributed by atoms with Gasteiger partial charge in [-0.3, -0.25) is 0 Å². The third-order valence-corrected chi connectivity index (χ3v) is 10.1. The summed E-state index contributed by atoms with van der Waals surface area (Å²) >= 11 is 0. The van der Waals surface area contributed by atoms with Gasteiger partial charge in [0.2, 0.25) is 0 Å². The predicted molar refractivity (Wildman–Crippen MR) is 202 cm³/mol. The molecule has 228 valence electrons. The minimum atomic E-state index is 0.813. The van der Waals surface area contributed by atoms with Gasteiger partial charge in [-0.2, -0.15) is 0 Å². The Hall–Kier alpha value is -6.58. The number of furan rings is 3. The average Bonchev–Trinajstić information content (AvgIpc) is 3.86. The second-order valence-corrected chi connectivity index (χ2v) is 12.8. The Balaban J connectivity index is 1.23. The van der Waals surface area contributed by atoms with Crippen molar-refractivity contribution in [3.8, 4) is 33.6 Å². The number of benzene rings is 8. The molecule has 0 radical (unpaired) electrons. The normalized spacial score (nSPS) is 12.1. The number of hydrogen-bond donors (Lipinski definition) is 0. The highest BCUT2D eigenvalue weighted by molar-refractivity contribution is 6.28. The standard InChI is InChI=1S/C46H26O3/c1-2-12-27(13-3-1)40-25-28-24-36-42(26-41(28)49-40)48-39-23-11-20-35(46(36)39)44-31-16-6-4-14-29(31)43(30-15-5-7-17-32(30)44)34-19-10-22-38-45(34)33-18-8-9-21-37(33)47-38/h1-26H. The fraction of sp³-hybridized carbons (Fsp3) is 0. The van der Waals surface area contributed by atoms with E-state index in [9.17, 15) is 0 Å². The maximum Gasteiger partial charge on any atom is 0.139 e. The summed E-state index contributed by atoms with van der Waals surface area (Å²) in [6, 6.07) is 55.4. The van der Waals surface area contributed by atoms with Crippen LogP contribution in [0.5, 0.6) is 0 Å². The van der Waals surface area contributed by atoms with Crippen molar-refractivity contribution in [2.45, 2.75) is 0 Å². The molecule has 3 nitrogen and oxygen atoms in total. The van der Waals surface area contributed by atoms with Crippen molar-refractivity contribution in [1.82, 2.24) is 0 Å². The van der Waals surface area contributed by atoms with E-state index in [1.54, 1.807) is 0 Å². The molecule has 0 amide bonds. The Morgan fingerprint density at radius 2 is 0.816 bits per heavy atom. The van der Waals surface area contributed by atoms with E-state index >= 15 is 0 Å². The quantitative estimate of drug-likeness (QED) is 0.183. The van der Waals surface area contributed by atoms with Gasteiger partial charge in [-0.05, 0) is 74.1 Å². The van der Waals surface area contributed by atoms with Gasteiger partial charge in [0, 0.05) is 38.6 Å². The molecule has 0 fully saturated rings. The van der Waals surface area contributed by atoms with E-state index in [0.717, 1.165) is 71.7 Å². The molecule has 0 saturated carbocycles. The first-order valence-corrected chi connectivity index (χ1v) is 16.6. The predicted octanol–water partition coefficient (Wildman–Crippen LogP) is 13.5. The van der Waals surface area contributed by atoms with E-state index in [2.05, 4.69) is 121 Å². The smallest absolute Gasteiger partial charge is 0.139 e. The Morgan fingerprint density at radius 1 is 0.306 bits per heavy atom. The molecule has 0 bridgehead atoms. The fourth-order valence-corrected chi connectivity index (χ4v) is 8.01. The van der Waals surface area contributed by atoms with Crippen molar-refractivity contribution < 1.29 is 13.3 Å². The molecule has 0 aliphatic carbocycles. The van der Waals surface area contributed by atoms with Gasteiger partial charge < -0.3 is 13.3 Å². The lowest BCUT2D eigenvalue weighted by Gasteiger charge is -2.18. The lowest BCUT2D eigenvalue weighted by molar-refractivity contribution is 0.628. The highest BCUT2D eigenvalue weighted by atomic mass is 16.3. The van der Waals surface area contributed by atoms with Crippen LogP contribution in [0.1, 0.15) is 0 Å². The highest BCUT2D eigenvalue weighted by Gasteiger charge is 2.23. The van der Waals surface area contributed by atoms with E-state index in [1.807, 2.05) is 36.4 Å². The zero-order chi connectivity index (χ0) is 32.1. The average molecular weight is 627 g/mol. The minimum Gasteiger partial charge on any atom is -0.456 e. The molecule has 0 spiro atoms. The molecule has 11 aromatic rings.